The van der Waals surface area contributed by atoms with E-state index >= 15 is 0 Å². The number of fused-ring (bicyclic) bond motifs is 1. The van der Waals surface area contributed by atoms with Gasteiger partial charge in [-0.25, -0.2) is 9.78 Å². The highest BCUT2D eigenvalue weighted by atomic mass is 35.5. The lowest BCUT2D eigenvalue weighted by Crippen LogP contribution is -2.19. The lowest BCUT2D eigenvalue weighted by molar-refractivity contribution is 0.262. The van der Waals surface area contributed by atoms with Crippen molar-refractivity contribution in [3.63, 3.8) is 0 Å². The lowest BCUT2D eigenvalue weighted by atomic mass is 10.2. The minimum Gasteiger partial charge on any atom is -0.306 e. The molecular formula is C17H12ClN7O. The van der Waals surface area contributed by atoms with Gasteiger partial charge in [-0.15, -0.1) is 4.80 Å². The van der Waals surface area contributed by atoms with Gasteiger partial charge in [0.05, 0.1) is 46.7 Å². The standard InChI is InChI=1S/C17H12ClN7O/c18-14-8-13(10-20-16(14)25-21-5-6-22-25)24-17(26)23-12-7-11-3-1-2-4-15(11)19-9-12/h1-10H,(H2,23,24,26). The van der Waals surface area contributed by atoms with Crippen LogP contribution in [0.5, 0.6) is 0 Å². The number of hydrogen-bond donors (Lipinski definition) is 2. The fraction of sp³-hybridized carbons (Fsp3) is 0. The number of carbonyl (C=O) groups excluding carboxylic acids is 1. The maximum Gasteiger partial charge on any atom is 0.323 e. The molecule has 0 atom stereocenters. The van der Waals surface area contributed by atoms with E-state index in [0.717, 1.165) is 10.9 Å². The van der Waals surface area contributed by atoms with Crippen molar-refractivity contribution in [1.29, 1.82) is 0 Å². The Kier molecular flexibility index (Phi) is 4.16. The quantitative estimate of drug-likeness (QED) is 0.579. The first-order valence-electron chi connectivity index (χ1n) is 7.64. The van der Waals surface area contributed by atoms with Crippen LogP contribution in [0.1, 0.15) is 0 Å². The van der Waals surface area contributed by atoms with Crippen LogP contribution in [0, 0.1) is 0 Å². The number of para-hydroxylation sites is 1. The predicted octanol–water partition coefficient (Wildman–Crippen LogP) is 3.51. The maximum absolute atomic E-state index is 12.2. The van der Waals surface area contributed by atoms with Gasteiger partial charge >= 0.3 is 6.03 Å². The summed E-state index contributed by atoms with van der Waals surface area (Å²) in [5.41, 5.74) is 1.88. The summed E-state index contributed by atoms with van der Waals surface area (Å²) < 4.78 is 0. The van der Waals surface area contributed by atoms with Gasteiger partial charge in [0.15, 0.2) is 5.82 Å². The normalized spacial score (nSPS) is 10.7. The molecule has 4 rings (SSSR count). The zero-order chi connectivity index (χ0) is 17.9. The van der Waals surface area contributed by atoms with E-state index in [1.165, 1.54) is 23.4 Å². The molecule has 0 aliphatic heterocycles. The van der Waals surface area contributed by atoms with Gasteiger partial charge in [-0.05, 0) is 18.2 Å². The average Bonchev–Trinajstić information content (AvgIpc) is 3.16. The minimum absolute atomic E-state index is 0.311. The molecule has 0 fully saturated rings. The largest absolute Gasteiger partial charge is 0.323 e. The number of benzene rings is 1. The topological polar surface area (TPSA) is 97.6 Å². The molecule has 0 aliphatic rings. The number of urea groups is 1. The summed E-state index contributed by atoms with van der Waals surface area (Å²) in [6.07, 6.45) is 6.12. The third-order valence-electron chi connectivity index (χ3n) is 3.54. The fourth-order valence-electron chi connectivity index (χ4n) is 2.40. The third kappa shape index (κ3) is 3.31. The van der Waals surface area contributed by atoms with Crippen LogP contribution in [0.15, 0.2) is 61.2 Å². The van der Waals surface area contributed by atoms with Crippen LogP contribution in [0.4, 0.5) is 16.2 Å². The third-order valence-corrected chi connectivity index (χ3v) is 3.81. The number of hydrogen-bond acceptors (Lipinski definition) is 5. The molecule has 26 heavy (non-hydrogen) atoms. The summed E-state index contributed by atoms with van der Waals surface area (Å²) >= 11 is 6.18. The molecule has 0 aliphatic carbocycles. The molecule has 0 bridgehead atoms. The first kappa shape index (κ1) is 16.0. The summed E-state index contributed by atoms with van der Waals surface area (Å²) in [7, 11) is 0. The zero-order valence-corrected chi connectivity index (χ0v) is 14.1. The highest BCUT2D eigenvalue weighted by Gasteiger charge is 2.10. The van der Waals surface area contributed by atoms with E-state index < -0.39 is 6.03 Å². The smallest absolute Gasteiger partial charge is 0.306 e. The van der Waals surface area contributed by atoms with E-state index in [2.05, 4.69) is 30.8 Å². The Hall–Kier alpha value is -3.52. The van der Waals surface area contributed by atoms with Crippen molar-refractivity contribution >= 4 is 39.9 Å². The number of rotatable bonds is 3. The van der Waals surface area contributed by atoms with Gasteiger partial charge in [0.2, 0.25) is 0 Å². The Bertz CT molecular complexity index is 1080. The van der Waals surface area contributed by atoms with Crippen LogP contribution in [-0.2, 0) is 0 Å². The van der Waals surface area contributed by atoms with Gasteiger partial charge in [0, 0.05) is 5.39 Å². The Labute approximate surface area is 152 Å². The second kappa shape index (κ2) is 6.77. The van der Waals surface area contributed by atoms with Crippen molar-refractivity contribution in [2.75, 3.05) is 10.6 Å². The Morgan fingerprint density at radius 2 is 1.65 bits per heavy atom. The number of nitrogens with one attached hydrogen (secondary N) is 2. The molecule has 0 spiro atoms. The molecule has 0 radical (unpaired) electrons. The highest BCUT2D eigenvalue weighted by Crippen LogP contribution is 2.21. The number of nitrogens with zero attached hydrogens (tertiary/aromatic N) is 5. The minimum atomic E-state index is -0.426. The molecule has 128 valence electrons. The van der Waals surface area contributed by atoms with E-state index in [-0.39, 0.29) is 0 Å². The van der Waals surface area contributed by atoms with Gasteiger partial charge in [0.25, 0.3) is 0 Å². The van der Waals surface area contributed by atoms with Gasteiger partial charge in [-0.3, -0.25) is 4.98 Å². The SMILES string of the molecule is O=C(Nc1cnc(-n2nccn2)c(Cl)c1)Nc1cnc2ccccc2c1. The monoisotopic (exact) mass is 365 g/mol. The zero-order valence-electron chi connectivity index (χ0n) is 13.3. The number of aromatic nitrogens is 5. The van der Waals surface area contributed by atoms with Gasteiger partial charge < -0.3 is 10.6 Å². The van der Waals surface area contributed by atoms with Crippen molar-refractivity contribution in [2.45, 2.75) is 0 Å². The number of carbonyl (C=O) groups is 1. The van der Waals surface area contributed by atoms with E-state index in [1.807, 2.05) is 30.3 Å². The van der Waals surface area contributed by atoms with E-state index in [0.29, 0.717) is 22.2 Å². The van der Waals surface area contributed by atoms with Crippen molar-refractivity contribution in [1.82, 2.24) is 25.0 Å². The molecule has 0 unspecified atom stereocenters. The average molecular weight is 366 g/mol. The number of halogens is 1. The summed E-state index contributed by atoms with van der Waals surface area (Å²) in [6, 6.07) is 10.7. The van der Waals surface area contributed by atoms with Crippen molar-refractivity contribution in [3.8, 4) is 5.82 Å². The molecule has 3 aromatic heterocycles. The molecule has 2 N–H and O–H groups in total. The van der Waals surface area contributed by atoms with E-state index in [1.54, 1.807) is 12.3 Å². The molecule has 0 saturated carbocycles. The second-order valence-electron chi connectivity index (χ2n) is 5.34. The van der Waals surface area contributed by atoms with Gasteiger partial charge in [-0.2, -0.15) is 10.2 Å². The molecule has 8 nitrogen and oxygen atoms in total. The first-order chi connectivity index (χ1) is 12.7. The van der Waals surface area contributed by atoms with Crippen LogP contribution >= 0.6 is 11.6 Å². The lowest BCUT2D eigenvalue weighted by Gasteiger charge is -2.09. The van der Waals surface area contributed by atoms with Crippen molar-refractivity contribution in [3.05, 3.63) is 66.2 Å². The van der Waals surface area contributed by atoms with Crippen LogP contribution in [0.25, 0.3) is 16.7 Å². The number of anilines is 2. The maximum atomic E-state index is 12.2. The van der Waals surface area contributed by atoms with Gasteiger partial charge in [-0.1, -0.05) is 29.8 Å². The summed E-state index contributed by atoms with van der Waals surface area (Å²) in [4.78, 5) is 22.0. The molecule has 0 saturated heterocycles. The summed E-state index contributed by atoms with van der Waals surface area (Å²) in [5, 5.41) is 14.6. The van der Waals surface area contributed by atoms with E-state index in [9.17, 15) is 4.79 Å². The summed E-state index contributed by atoms with van der Waals surface area (Å²) in [5.74, 6) is 0.376. The summed E-state index contributed by atoms with van der Waals surface area (Å²) in [6.45, 7) is 0. The Balaban J connectivity index is 1.48. The van der Waals surface area contributed by atoms with Crippen LogP contribution < -0.4 is 10.6 Å². The van der Waals surface area contributed by atoms with Crippen LogP contribution in [0.2, 0.25) is 5.02 Å². The van der Waals surface area contributed by atoms with Crippen molar-refractivity contribution < 1.29 is 4.79 Å². The highest BCUT2D eigenvalue weighted by molar-refractivity contribution is 6.32. The molecule has 4 aromatic rings. The Morgan fingerprint density at radius 3 is 2.42 bits per heavy atom. The number of amides is 2. The first-order valence-corrected chi connectivity index (χ1v) is 8.02. The predicted molar refractivity (Wildman–Crippen MR) is 98.5 cm³/mol. The van der Waals surface area contributed by atoms with Gasteiger partial charge in [0.1, 0.15) is 0 Å². The van der Waals surface area contributed by atoms with Crippen molar-refractivity contribution in [2.24, 2.45) is 0 Å². The number of pyridine rings is 2. The second-order valence-corrected chi connectivity index (χ2v) is 5.75. The Morgan fingerprint density at radius 1 is 0.962 bits per heavy atom. The van der Waals surface area contributed by atoms with Crippen LogP contribution in [0.3, 0.4) is 0 Å². The molecule has 1 aromatic carbocycles. The molecule has 3 heterocycles. The van der Waals surface area contributed by atoms with E-state index in [4.69, 9.17) is 11.6 Å². The van der Waals surface area contributed by atoms with Crippen LogP contribution in [-0.4, -0.2) is 31.0 Å². The molecule has 9 heteroatoms. The molecular weight excluding hydrogens is 354 g/mol. The fourth-order valence-corrected chi connectivity index (χ4v) is 2.65. The molecule has 2 amide bonds.